The molecule has 7 nitrogen and oxygen atoms in total. The maximum atomic E-state index is 12.5. The molecule has 0 aliphatic heterocycles. The number of para-hydroxylation sites is 2. The van der Waals surface area contributed by atoms with Gasteiger partial charge in [0.1, 0.15) is 9.96 Å². The van der Waals surface area contributed by atoms with E-state index < -0.39 is 10.0 Å². The molecule has 9 heteroatoms. The SMILES string of the molecule is COc1ccccc1NS(=O)(=O)c1cc(-c2ccc(=O)[nH]n2)cs1. The van der Waals surface area contributed by atoms with E-state index in [-0.39, 0.29) is 9.77 Å². The molecule has 3 aromatic rings. The van der Waals surface area contributed by atoms with Crippen molar-refractivity contribution in [1.82, 2.24) is 10.2 Å². The lowest BCUT2D eigenvalue weighted by Gasteiger charge is -2.10. The summed E-state index contributed by atoms with van der Waals surface area (Å²) in [6.07, 6.45) is 0. The van der Waals surface area contributed by atoms with Gasteiger partial charge in [0.2, 0.25) is 0 Å². The summed E-state index contributed by atoms with van der Waals surface area (Å²) in [5.74, 6) is 0.431. The minimum Gasteiger partial charge on any atom is -0.495 e. The number of hydrogen-bond donors (Lipinski definition) is 2. The molecule has 124 valence electrons. The fraction of sp³-hybridized carbons (Fsp3) is 0.0667. The van der Waals surface area contributed by atoms with Crippen LogP contribution in [0.5, 0.6) is 5.75 Å². The number of methoxy groups -OCH3 is 1. The summed E-state index contributed by atoms with van der Waals surface area (Å²) in [5.41, 5.74) is 1.14. The number of aromatic amines is 1. The minimum absolute atomic E-state index is 0.136. The predicted molar refractivity (Wildman–Crippen MR) is 92.0 cm³/mol. The molecule has 24 heavy (non-hydrogen) atoms. The summed E-state index contributed by atoms with van der Waals surface area (Å²) in [6.45, 7) is 0. The average Bonchev–Trinajstić information content (AvgIpc) is 3.07. The van der Waals surface area contributed by atoms with E-state index in [1.54, 1.807) is 29.6 Å². The molecule has 2 aromatic heterocycles. The zero-order chi connectivity index (χ0) is 17.2. The zero-order valence-corrected chi connectivity index (χ0v) is 14.1. The Morgan fingerprint density at radius 2 is 2.00 bits per heavy atom. The first-order valence-electron chi connectivity index (χ1n) is 6.80. The highest BCUT2D eigenvalue weighted by molar-refractivity contribution is 7.94. The summed E-state index contributed by atoms with van der Waals surface area (Å²) >= 11 is 1.06. The molecule has 0 spiro atoms. The second-order valence-corrected chi connectivity index (χ2v) is 7.59. The van der Waals surface area contributed by atoms with Gasteiger partial charge in [-0.3, -0.25) is 9.52 Å². The molecule has 0 fully saturated rings. The number of rotatable bonds is 5. The molecule has 0 saturated carbocycles. The van der Waals surface area contributed by atoms with E-state index in [2.05, 4.69) is 14.9 Å². The largest absolute Gasteiger partial charge is 0.495 e. The van der Waals surface area contributed by atoms with Crippen LogP contribution in [0.25, 0.3) is 11.3 Å². The summed E-state index contributed by atoms with van der Waals surface area (Å²) in [7, 11) is -2.28. The maximum absolute atomic E-state index is 12.5. The topological polar surface area (TPSA) is 101 Å². The third-order valence-corrected chi connectivity index (χ3v) is 5.97. The van der Waals surface area contributed by atoms with Crippen LogP contribution < -0.4 is 15.0 Å². The van der Waals surface area contributed by atoms with Gasteiger partial charge in [-0.1, -0.05) is 12.1 Å². The van der Waals surface area contributed by atoms with Gasteiger partial charge in [0.25, 0.3) is 15.6 Å². The van der Waals surface area contributed by atoms with Gasteiger partial charge in [-0.05, 0) is 24.3 Å². The van der Waals surface area contributed by atoms with Crippen molar-refractivity contribution in [3.05, 3.63) is 58.2 Å². The number of hydrogen-bond acceptors (Lipinski definition) is 6. The van der Waals surface area contributed by atoms with Crippen LogP contribution in [-0.2, 0) is 10.0 Å². The van der Waals surface area contributed by atoms with Gasteiger partial charge in [-0.15, -0.1) is 11.3 Å². The molecule has 2 N–H and O–H groups in total. The summed E-state index contributed by atoms with van der Waals surface area (Å²) < 4.78 is 32.9. The van der Waals surface area contributed by atoms with Gasteiger partial charge in [0.05, 0.1) is 18.5 Å². The van der Waals surface area contributed by atoms with E-state index in [1.807, 2.05) is 0 Å². The van der Waals surface area contributed by atoms with Crippen LogP contribution in [-0.4, -0.2) is 25.7 Å². The molecule has 2 heterocycles. The lowest BCUT2D eigenvalue weighted by molar-refractivity contribution is 0.417. The lowest BCUT2D eigenvalue weighted by Crippen LogP contribution is -2.12. The van der Waals surface area contributed by atoms with Crippen LogP contribution in [0.3, 0.4) is 0 Å². The van der Waals surface area contributed by atoms with Gasteiger partial charge >= 0.3 is 0 Å². The molecular weight excluding hydrogens is 350 g/mol. The Hall–Kier alpha value is -2.65. The number of ether oxygens (including phenoxy) is 1. The molecular formula is C15H13N3O4S2. The number of nitrogens with one attached hydrogen (secondary N) is 2. The van der Waals surface area contributed by atoms with Gasteiger partial charge in [-0.25, -0.2) is 13.5 Å². The van der Waals surface area contributed by atoms with E-state index in [9.17, 15) is 13.2 Å². The van der Waals surface area contributed by atoms with E-state index in [4.69, 9.17) is 4.74 Å². The summed E-state index contributed by atoms with van der Waals surface area (Å²) in [6, 6.07) is 11.1. The van der Waals surface area contributed by atoms with Crippen LogP contribution in [0.15, 0.2) is 56.8 Å². The highest BCUT2D eigenvalue weighted by Crippen LogP contribution is 2.30. The van der Waals surface area contributed by atoms with Crippen LogP contribution in [0.2, 0.25) is 0 Å². The van der Waals surface area contributed by atoms with Gasteiger partial charge in [0.15, 0.2) is 0 Å². The predicted octanol–water partition coefficient (Wildman–Crippen LogP) is 2.31. The molecule has 0 aliphatic carbocycles. The number of anilines is 1. The smallest absolute Gasteiger partial charge is 0.271 e. The van der Waals surface area contributed by atoms with Crippen LogP contribution in [0, 0.1) is 0 Å². The Bertz CT molecular complexity index is 1000. The van der Waals surface area contributed by atoms with Crippen molar-refractivity contribution in [2.24, 2.45) is 0 Å². The summed E-state index contributed by atoms with van der Waals surface area (Å²) in [4.78, 5) is 11.0. The number of thiophene rings is 1. The molecule has 1 aromatic carbocycles. The van der Waals surface area contributed by atoms with Gasteiger partial charge < -0.3 is 4.74 Å². The second kappa shape index (κ2) is 6.46. The molecule has 3 rings (SSSR count). The normalized spacial score (nSPS) is 11.2. The first-order valence-corrected chi connectivity index (χ1v) is 9.16. The zero-order valence-electron chi connectivity index (χ0n) is 12.5. The van der Waals surface area contributed by atoms with Crippen LogP contribution in [0.4, 0.5) is 5.69 Å². The lowest BCUT2D eigenvalue weighted by atomic mass is 10.2. The van der Waals surface area contributed by atoms with Gasteiger partial charge in [0, 0.05) is 17.0 Å². The van der Waals surface area contributed by atoms with E-state index in [0.29, 0.717) is 22.7 Å². The Kier molecular flexibility index (Phi) is 4.36. The number of nitrogens with zero attached hydrogens (tertiary/aromatic N) is 1. The van der Waals surface area contributed by atoms with Crippen molar-refractivity contribution in [2.45, 2.75) is 4.21 Å². The van der Waals surface area contributed by atoms with Gasteiger partial charge in [-0.2, -0.15) is 5.10 Å². The second-order valence-electron chi connectivity index (χ2n) is 4.77. The standard InChI is InChI=1S/C15H13N3O4S2/c1-22-13-5-3-2-4-12(13)18-24(20,21)15-8-10(9-23-15)11-6-7-14(19)17-16-11/h2-9,18H,1H3,(H,17,19). The monoisotopic (exact) mass is 363 g/mol. The fourth-order valence-corrected chi connectivity index (χ4v) is 4.26. The third kappa shape index (κ3) is 3.31. The molecule has 0 atom stereocenters. The Balaban J connectivity index is 1.91. The molecule has 0 saturated heterocycles. The molecule has 0 radical (unpaired) electrons. The van der Waals surface area contributed by atoms with Crippen molar-refractivity contribution in [3.63, 3.8) is 0 Å². The number of H-pyrrole nitrogens is 1. The third-order valence-electron chi connectivity index (χ3n) is 3.17. The van der Waals surface area contributed by atoms with Crippen molar-refractivity contribution in [3.8, 4) is 17.0 Å². The highest BCUT2D eigenvalue weighted by atomic mass is 32.2. The summed E-state index contributed by atoms with van der Waals surface area (Å²) in [5, 5.41) is 7.87. The average molecular weight is 363 g/mol. The van der Waals surface area contributed by atoms with E-state index in [1.165, 1.54) is 25.3 Å². The quantitative estimate of drug-likeness (QED) is 0.724. The van der Waals surface area contributed by atoms with E-state index >= 15 is 0 Å². The van der Waals surface area contributed by atoms with E-state index in [0.717, 1.165) is 11.3 Å². The number of benzene rings is 1. The van der Waals surface area contributed by atoms with Crippen molar-refractivity contribution < 1.29 is 13.2 Å². The maximum Gasteiger partial charge on any atom is 0.271 e. The number of aromatic nitrogens is 2. The van der Waals surface area contributed by atoms with Crippen LogP contribution >= 0.6 is 11.3 Å². The van der Waals surface area contributed by atoms with Crippen LogP contribution in [0.1, 0.15) is 0 Å². The number of sulfonamides is 1. The first-order chi connectivity index (χ1) is 11.5. The van der Waals surface area contributed by atoms with Crippen molar-refractivity contribution in [1.29, 1.82) is 0 Å². The fourth-order valence-electron chi connectivity index (χ4n) is 2.02. The highest BCUT2D eigenvalue weighted by Gasteiger charge is 2.19. The Morgan fingerprint density at radius 3 is 2.71 bits per heavy atom. The molecule has 0 amide bonds. The van der Waals surface area contributed by atoms with Crippen molar-refractivity contribution >= 4 is 27.0 Å². The Labute approximate surface area is 142 Å². The van der Waals surface area contributed by atoms with Crippen molar-refractivity contribution in [2.75, 3.05) is 11.8 Å². The molecule has 0 aliphatic rings. The molecule has 0 unspecified atom stereocenters. The first kappa shape index (κ1) is 16.2. The Morgan fingerprint density at radius 1 is 1.21 bits per heavy atom. The molecule has 0 bridgehead atoms. The minimum atomic E-state index is -3.75.